The number of nitrogen functional groups attached to an aromatic ring is 1. The van der Waals surface area contributed by atoms with Gasteiger partial charge in [0.25, 0.3) is 0 Å². The Labute approximate surface area is 186 Å². The van der Waals surface area contributed by atoms with Gasteiger partial charge in [-0.15, -0.1) is 0 Å². The van der Waals surface area contributed by atoms with E-state index in [0.717, 1.165) is 0 Å². The number of Topliss-reactive ketones (excluding diaryl/α,β-unsaturated/α-hetero) is 1. The Morgan fingerprint density at radius 3 is 2.03 bits per heavy atom. The largest absolute Gasteiger partial charge is 0.490 e. The number of alkyl halides is 3. The van der Waals surface area contributed by atoms with Crippen LogP contribution < -0.4 is 11.1 Å². The fourth-order valence-corrected chi connectivity index (χ4v) is 3.00. The van der Waals surface area contributed by atoms with Gasteiger partial charge in [-0.05, 0) is 25.9 Å². The van der Waals surface area contributed by atoms with Crippen LogP contribution in [0.25, 0.3) is 0 Å². The number of carbonyl (C=O) groups excluding carboxylic acids is 2. The van der Waals surface area contributed by atoms with Gasteiger partial charge in [-0.25, -0.2) is 9.59 Å². The third-order valence-corrected chi connectivity index (χ3v) is 4.66. The molecule has 0 aromatic heterocycles. The summed E-state index contributed by atoms with van der Waals surface area (Å²) in [6, 6.07) is 5.83. The fourth-order valence-electron chi connectivity index (χ4n) is 3.00. The molecule has 33 heavy (non-hydrogen) atoms. The van der Waals surface area contributed by atoms with Crippen LogP contribution in [0.1, 0.15) is 36.8 Å². The predicted octanol–water partition coefficient (Wildman–Crippen LogP) is 1.20. The van der Waals surface area contributed by atoms with Crippen LogP contribution in [-0.4, -0.2) is 65.4 Å². The van der Waals surface area contributed by atoms with Crippen molar-refractivity contribution in [2.45, 2.75) is 43.6 Å². The van der Waals surface area contributed by atoms with Crippen LogP contribution in [-0.2, 0) is 29.5 Å². The van der Waals surface area contributed by atoms with Gasteiger partial charge in [0.1, 0.15) is 12.1 Å². The molecular weight excluding hydrogens is 451 g/mol. The molecule has 2 rings (SSSR count). The Balaban J connectivity index is 0.000000675. The number of piperidine rings is 1. The number of nitrogens with one attached hydrogen (secondary N) is 2. The first-order chi connectivity index (χ1) is 15.4. The molecule has 13 heteroatoms. The maximum absolute atomic E-state index is 12.8. The average Bonchev–Trinajstić information content (AvgIpc) is 2.76. The normalized spacial score (nSPS) is 16.0. The molecule has 1 unspecified atom stereocenters. The summed E-state index contributed by atoms with van der Waals surface area (Å²) in [6.45, 7) is 1.35. The van der Waals surface area contributed by atoms with Crippen LogP contribution in [0.4, 0.5) is 13.2 Å². The number of hydrogen-bond donors (Lipinski definition) is 5. The van der Waals surface area contributed by atoms with Crippen molar-refractivity contribution in [1.29, 1.82) is 5.41 Å². The lowest BCUT2D eigenvalue weighted by atomic mass is 9.85. The van der Waals surface area contributed by atoms with Crippen molar-refractivity contribution in [3.05, 3.63) is 35.4 Å². The highest BCUT2D eigenvalue weighted by Crippen LogP contribution is 2.33. The number of carboxylic acid groups (broad SMARTS) is 2. The Bertz CT molecular complexity index is 869. The second-order valence-corrected chi connectivity index (χ2v) is 6.98. The summed E-state index contributed by atoms with van der Waals surface area (Å²) in [5, 5.41) is 27.7. The van der Waals surface area contributed by atoms with Crippen LogP contribution in [0.3, 0.4) is 0 Å². The van der Waals surface area contributed by atoms with Crippen LogP contribution in [0, 0.1) is 5.41 Å². The first-order valence-electron chi connectivity index (χ1n) is 9.70. The molecule has 10 nitrogen and oxygen atoms in total. The summed E-state index contributed by atoms with van der Waals surface area (Å²) in [5.74, 6) is -5.01. The molecular formula is C20H24F3N3O7. The van der Waals surface area contributed by atoms with Gasteiger partial charge in [0, 0.05) is 24.0 Å². The molecule has 1 heterocycles. The monoisotopic (exact) mass is 475 g/mol. The Hall–Kier alpha value is -3.32. The Kier molecular flexibility index (Phi) is 10.1. The number of carboxylic acids is 2. The maximum Gasteiger partial charge on any atom is 0.490 e. The Morgan fingerprint density at radius 1 is 1.12 bits per heavy atom. The Morgan fingerprint density at radius 2 is 1.64 bits per heavy atom. The number of benzene rings is 1. The van der Waals surface area contributed by atoms with Gasteiger partial charge in [0.15, 0.2) is 5.78 Å². The molecule has 0 spiro atoms. The van der Waals surface area contributed by atoms with Gasteiger partial charge < -0.3 is 30.8 Å². The molecule has 6 N–H and O–H groups in total. The summed E-state index contributed by atoms with van der Waals surface area (Å²) < 4.78 is 37.6. The highest BCUT2D eigenvalue weighted by Gasteiger charge is 2.50. The van der Waals surface area contributed by atoms with Crippen LogP contribution in [0.2, 0.25) is 0 Å². The van der Waals surface area contributed by atoms with Crippen LogP contribution in [0.15, 0.2) is 24.3 Å². The molecule has 0 aliphatic carbocycles. The molecule has 0 radical (unpaired) electrons. The quantitative estimate of drug-likeness (QED) is 0.152. The second-order valence-electron chi connectivity index (χ2n) is 6.98. The zero-order valence-corrected chi connectivity index (χ0v) is 17.4. The number of amidine groups is 1. The van der Waals surface area contributed by atoms with Crippen LogP contribution >= 0.6 is 0 Å². The minimum absolute atomic E-state index is 0.0744. The molecule has 1 fully saturated rings. The molecule has 1 saturated heterocycles. The number of hydrogen-bond acceptors (Lipinski definition) is 7. The average molecular weight is 475 g/mol. The van der Waals surface area contributed by atoms with Crippen molar-refractivity contribution in [2.24, 2.45) is 5.73 Å². The van der Waals surface area contributed by atoms with Gasteiger partial charge in [0.2, 0.25) is 5.60 Å². The standard InChI is InChI=1S/C18H23N3O5.C2HF3O2/c19-16(20)12-3-5-13(6-4-12)18(17(24)25,15(23)2-1-11-22)26-14-7-9-21-10-8-14;3-2(4,5)1(6)7/h3-6,11,14,21H,1-2,7-10H2,(H3,19,20)(H,24,25);(H,6,7). The van der Waals surface area contributed by atoms with Gasteiger partial charge in [-0.2, -0.15) is 13.2 Å². The van der Waals surface area contributed by atoms with Gasteiger partial charge in [-0.3, -0.25) is 10.2 Å². The first-order valence-corrected chi connectivity index (χ1v) is 9.70. The van der Waals surface area contributed by atoms with Gasteiger partial charge in [-0.1, -0.05) is 24.3 Å². The van der Waals surface area contributed by atoms with E-state index in [1.165, 1.54) is 24.3 Å². The number of aliphatic carboxylic acids is 2. The number of carbonyl (C=O) groups is 4. The highest BCUT2D eigenvalue weighted by atomic mass is 19.4. The SMILES string of the molecule is N=C(N)c1ccc(C(OC2CCNCC2)(C(=O)O)C(=O)CCC=O)cc1.O=C(O)C(F)(F)F. The van der Waals surface area contributed by atoms with Crippen molar-refractivity contribution in [2.75, 3.05) is 13.1 Å². The maximum atomic E-state index is 12.8. The molecule has 0 amide bonds. The van der Waals surface area contributed by atoms with E-state index in [4.69, 9.17) is 25.8 Å². The molecule has 182 valence electrons. The van der Waals surface area contributed by atoms with E-state index in [1.54, 1.807) is 0 Å². The molecule has 0 bridgehead atoms. The van der Waals surface area contributed by atoms with Crippen molar-refractivity contribution in [1.82, 2.24) is 5.32 Å². The van der Waals surface area contributed by atoms with Gasteiger partial charge in [0.05, 0.1) is 6.10 Å². The van der Waals surface area contributed by atoms with Crippen molar-refractivity contribution in [3.8, 4) is 0 Å². The number of rotatable bonds is 9. The van der Waals surface area contributed by atoms with E-state index in [-0.39, 0.29) is 30.3 Å². The van der Waals surface area contributed by atoms with E-state index >= 15 is 0 Å². The number of nitrogens with two attached hydrogens (primary N) is 1. The van der Waals surface area contributed by atoms with E-state index in [2.05, 4.69) is 5.32 Å². The first kappa shape index (κ1) is 27.7. The van der Waals surface area contributed by atoms with Crippen molar-refractivity contribution < 1.29 is 47.3 Å². The molecule has 1 aromatic rings. The van der Waals surface area contributed by atoms with Gasteiger partial charge >= 0.3 is 18.1 Å². The zero-order chi connectivity index (χ0) is 25.2. The predicted molar refractivity (Wildman–Crippen MR) is 108 cm³/mol. The van der Waals surface area contributed by atoms with E-state index in [1.807, 2.05) is 0 Å². The molecule has 1 aliphatic heterocycles. The lowest BCUT2D eigenvalue weighted by Gasteiger charge is -2.34. The minimum Gasteiger partial charge on any atom is -0.478 e. The summed E-state index contributed by atoms with van der Waals surface area (Å²) in [6.07, 6.45) is -4.03. The summed E-state index contributed by atoms with van der Waals surface area (Å²) in [4.78, 5) is 44.6. The molecule has 1 atom stereocenters. The van der Waals surface area contributed by atoms with Crippen molar-refractivity contribution in [3.63, 3.8) is 0 Å². The summed E-state index contributed by atoms with van der Waals surface area (Å²) in [7, 11) is 0. The van der Waals surface area contributed by atoms with E-state index in [0.29, 0.717) is 37.8 Å². The van der Waals surface area contributed by atoms with Crippen molar-refractivity contribution >= 4 is 29.8 Å². The lowest BCUT2D eigenvalue weighted by Crippen LogP contribution is -2.50. The van der Waals surface area contributed by atoms with E-state index in [9.17, 15) is 32.7 Å². The molecule has 0 saturated carbocycles. The smallest absolute Gasteiger partial charge is 0.478 e. The zero-order valence-electron chi connectivity index (χ0n) is 17.4. The third kappa shape index (κ3) is 7.64. The van der Waals surface area contributed by atoms with Crippen LogP contribution in [0.5, 0.6) is 0 Å². The minimum atomic E-state index is -5.08. The molecule has 1 aliphatic rings. The molecule has 1 aromatic carbocycles. The second kappa shape index (κ2) is 12.1. The number of aldehydes is 1. The third-order valence-electron chi connectivity index (χ3n) is 4.66. The number of ether oxygens (including phenoxy) is 1. The lowest BCUT2D eigenvalue weighted by molar-refractivity contribution is -0.192. The number of halogens is 3. The topological polar surface area (TPSA) is 180 Å². The summed E-state index contributed by atoms with van der Waals surface area (Å²) in [5.41, 5.74) is 3.82. The number of ketones is 1. The summed E-state index contributed by atoms with van der Waals surface area (Å²) >= 11 is 0. The fraction of sp³-hybridized carbons (Fsp3) is 0.450. The highest BCUT2D eigenvalue weighted by molar-refractivity contribution is 6.08. The van der Waals surface area contributed by atoms with E-state index < -0.39 is 29.5 Å².